The molecule has 11 heteroatoms. The molecule has 9 nitrogen and oxygen atoms in total. The van der Waals surface area contributed by atoms with E-state index < -0.39 is 15.9 Å². The zero-order valence-electron chi connectivity index (χ0n) is 14.1. The first-order chi connectivity index (χ1) is 12.9. The van der Waals surface area contributed by atoms with Crippen molar-refractivity contribution in [1.29, 1.82) is 5.26 Å². The maximum atomic E-state index is 12.6. The molecule has 0 unspecified atom stereocenters. The Balaban J connectivity index is 1.92. The standard InChI is InChI=1S/C16H15N5O4S2/c1-9-2-3-11(14-13(9)10(6-17)7-19-14)21-27(24,25)16-20-8-12(26-16)15(23)18-4-5-22/h2-3,7-8,19,21-22H,4-5H2,1H3,(H,18,23). The molecule has 2 heterocycles. The van der Waals surface area contributed by atoms with Gasteiger partial charge < -0.3 is 15.4 Å². The van der Waals surface area contributed by atoms with Crippen molar-refractivity contribution in [3.63, 3.8) is 0 Å². The number of aryl methyl sites for hydroxylation is 1. The highest BCUT2D eigenvalue weighted by atomic mass is 32.2. The van der Waals surface area contributed by atoms with Gasteiger partial charge >= 0.3 is 0 Å². The van der Waals surface area contributed by atoms with Crippen LogP contribution in [0, 0.1) is 18.3 Å². The fourth-order valence-electron chi connectivity index (χ4n) is 2.53. The summed E-state index contributed by atoms with van der Waals surface area (Å²) < 4.78 is 27.5. The van der Waals surface area contributed by atoms with E-state index in [9.17, 15) is 18.5 Å². The Hall–Kier alpha value is -2.94. The molecule has 0 bridgehead atoms. The molecule has 2 aromatic heterocycles. The molecule has 0 radical (unpaired) electrons. The summed E-state index contributed by atoms with van der Waals surface area (Å²) in [6.45, 7) is 1.67. The molecule has 0 atom stereocenters. The van der Waals surface area contributed by atoms with Crippen molar-refractivity contribution >= 4 is 43.9 Å². The van der Waals surface area contributed by atoms with Gasteiger partial charge in [0, 0.05) is 18.1 Å². The molecular weight excluding hydrogens is 390 g/mol. The maximum Gasteiger partial charge on any atom is 0.289 e. The van der Waals surface area contributed by atoms with Gasteiger partial charge in [-0.3, -0.25) is 9.52 Å². The SMILES string of the molecule is Cc1ccc(NS(=O)(=O)c2ncc(C(=O)NCCO)s2)c2[nH]cc(C#N)c12. The molecular formula is C16H15N5O4S2. The van der Waals surface area contributed by atoms with E-state index >= 15 is 0 Å². The second-order valence-corrected chi connectivity index (χ2v) is 8.46. The average molecular weight is 405 g/mol. The van der Waals surface area contributed by atoms with Gasteiger partial charge in [-0.2, -0.15) is 13.7 Å². The highest BCUT2D eigenvalue weighted by Gasteiger charge is 2.23. The molecule has 0 saturated carbocycles. The number of fused-ring (bicyclic) bond motifs is 1. The smallest absolute Gasteiger partial charge is 0.289 e. The average Bonchev–Trinajstić information content (AvgIpc) is 3.30. The molecule has 0 aliphatic carbocycles. The number of H-pyrrole nitrogens is 1. The number of rotatable bonds is 6. The topological polar surface area (TPSA) is 148 Å². The maximum absolute atomic E-state index is 12.6. The Kier molecular flexibility index (Phi) is 5.13. The summed E-state index contributed by atoms with van der Waals surface area (Å²) in [5, 5.41) is 21.0. The Morgan fingerprint density at radius 1 is 1.44 bits per heavy atom. The van der Waals surface area contributed by atoms with E-state index in [2.05, 4.69) is 26.1 Å². The van der Waals surface area contributed by atoms with Gasteiger partial charge in [0.05, 0.1) is 29.6 Å². The first kappa shape index (κ1) is 18.8. The number of sulfonamides is 1. The summed E-state index contributed by atoms with van der Waals surface area (Å²) in [6, 6.07) is 5.37. The van der Waals surface area contributed by atoms with E-state index in [-0.39, 0.29) is 28.1 Å². The number of aromatic amines is 1. The van der Waals surface area contributed by atoms with Crippen LogP contribution in [-0.4, -0.2) is 42.6 Å². The number of benzene rings is 1. The monoisotopic (exact) mass is 405 g/mol. The molecule has 0 saturated heterocycles. The van der Waals surface area contributed by atoms with Crippen LogP contribution in [0.1, 0.15) is 20.8 Å². The quantitative estimate of drug-likeness (QED) is 0.486. The fraction of sp³-hybridized carbons (Fsp3) is 0.188. The van der Waals surface area contributed by atoms with Crippen molar-refractivity contribution in [1.82, 2.24) is 15.3 Å². The van der Waals surface area contributed by atoms with Crippen LogP contribution in [0.2, 0.25) is 0 Å². The summed E-state index contributed by atoms with van der Waals surface area (Å²) >= 11 is 0.718. The summed E-state index contributed by atoms with van der Waals surface area (Å²) in [6.07, 6.45) is 2.68. The molecule has 140 valence electrons. The lowest BCUT2D eigenvalue weighted by Crippen LogP contribution is -2.25. The number of thiazole rings is 1. The first-order valence-electron chi connectivity index (χ1n) is 7.76. The Labute approximate surface area is 158 Å². The molecule has 3 aromatic rings. The highest BCUT2D eigenvalue weighted by Crippen LogP contribution is 2.30. The number of hydrogen-bond acceptors (Lipinski definition) is 7. The van der Waals surface area contributed by atoms with Gasteiger partial charge in [-0.25, -0.2) is 4.98 Å². The number of carbonyl (C=O) groups excluding carboxylic acids is 1. The van der Waals surface area contributed by atoms with Gasteiger partial charge in [-0.1, -0.05) is 17.4 Å². The third-order valence-corrected chi connectivity index (χ3v) is 6.50. The second kappa shape index (κ2) is 7.36. The van der Waals surface area contributed by atoms with Crippen LogP contribution in [0.3, 0.4) is 0 Å². The number of amides is 1. The minimum absolute atomic E-state index is 0.0620. The molecule has 0 spiro atoms. The van der Waals surface area contributed by atoms with E-state index in [0.29, 0.717) is 16.5 Å². The molecule has 0 aliphatic rings. The molecule has 4 N–H and O–H groups in total. The van der Waals surface area contributed by atoms with Gasteiger partial charge in [0.2, 0.25) is 4.34 Å². The Morgan fingerprint density at radius 3 is 2.93 bits per heavy atom. The van der Waals surface area contributed by atoms with Crippen LogP contribution in [-0.2, 0) is 10.0 Å². The number of nitrogens with zero attached hydrogens (tertiary/aromatic N) is 2. The number of nitriles is 1. The van der Waals surface area contributed by atoms with E-state index in [1.165, 1.54) is 12.4 Å². The third kappa shape index (κ3) is 3.63. The minimum atomic E-state index is -4.02. The Morgan fingerprint density at radius 2 is 2.22 bits per heavy atom. The van der Waals surface area contributed by atoms with Crippen LogP contribution in [0.5, 0.6) is 0 Å². The number of carbonyl (C=O) groups is 1. The molecule has 1 amide bonds. The molecule has 27 heavy (non-hydrogen) atoms. The van der Waals surface area contributed by atoms with Crippen molar-refractivity contribution in [3.05, 3.63) is 40.5 Å². The number of aliphatic hydroxyl groups excluding tert-OH is 1. The number of anilines is 1. The summed E-state index contributed by atoms with van der Waals surface area (Å²) in [4.78, 5) is 18.7. The van der Waals surface area contributed by atoms with Gasteiger partial charge in [0.25, 0.3) is 15.9 Å². The first-order valence-corrected chi connectivity index (χ1v) is 10.1. The zero-order valence-corrected chi connectivity index (χ0v) is 15.7. The van der Waals surface area contributed by atoms with E-state index in [1.807, 2.05) is 6.92 Å². The lowest BCUT2D eigenvalue weighted by Gasteiger charge is -2.08. The largest absolute Gasteiger partial charge is 0.395 e. The predicted octanol–water partition coefficient (Wildman–Crippen LogP) is 1.33. The molecule has 3 rings (SSSR count). The summed E-state index contributed by atoms with van der Waals surface area (Å²) in [7, 11) is -4.02. The van der Waals surface area contributed by atoms with Crippen LogP contribution >= 0.6 is 11.3 Å². The van der Waals surface area contributed by atoms with Gasteiger partial charge in [-0.05, 0) is 18.6 Å². The van der Waals surface area contributed by atoms with Crippen molar-refractivity contribution in [2.45, 2.75) is 11.3 Å². The fourth-order valence-corrected chi connectivity index (χ4v) is 4.66. The lowest BCUT2D eigenvalue weighted by atomic mass is 10.1. The number of aromatic nitrogens is 2. The van der Waals surface area contributed by atoms with Crippen molar-refractivity contribution < 1.29 is 18.3 Å². The third-order valence-electron chi connectivity index (χ3n) is 3.74. The van der Waals surface area contributed by atoms with Crippen LogP contribution in [0.25, 0.3) is 10.9 Å². The Bertz CT molecular complexity index is 1160. The molecule has 1 aromatic carbocycles. The minimum Gasteiger partial charge on any atom is -0.395 e. The van der Waals surface area contributed by atoms with Gasteiger partial charge in [0.1, 0.15) is 10.9 Å². The lowest BCUT2D eigenvalue weighted by molar-refractivity contribution is 0.0948. The van der Waals surface area contributed by atoms with Crippen LogP contribution in [0.4, 0.5) is 5.69 Å². The van der Waals surface area contributed by atoms with Gasteiger partial charge in [-0.15, -0.1) is 0 Å². The molecule has 0 aliphatic heterocycles. The van der Waals surface area contributed by atoms with Crippen LogP contribution in [0.15, 0.2) is 28.9 Å². The second-order valence-electron chi connectivity index (χ2n) is 5.57. The van der Waals surface area contributed by atoms with E-state index in [4.69, 9.17) is 5.11 Å². The van der Waals surface area contributed by atoms with E-state index in [1.54, 1.807) is 12.1 Å². The normalized spacial score (nSPS) is 11.3. The van der Waals surface area contributed by atoms with Gasteiger partial charge in [0.15, 0.2) is 0 Å². The summed E-state index contributed by atoms with van der Waals surface area (Å²) in [5.74, 6) is -0.510. The number of hydrogen-bond donors (Lipinski definition) is 4. The number of nitrogens with one attached hydrogen (secondary N) is 3. The van der Waals surface area contributed by atoms with Crippen LogP contribution < -0.4 is 10.0 Å². The molecule has 0 fully saturated rings. The predicted molar refractivity (Wildman–Crippen MR) is 100 cm³/mol. The van der Waals surface area contributed by atoms with Crippen molar-refractivity contribution in [3.8, 4) is 6.07 Å². The van der Waals surface area contributed by atoms with Crippen molar-refractivity contribution in [2.75, 3.05) is 17.9 Å². The highest BCUT2D eigenvalue weighted by molar-refractivity contribution is 7.94. The van der Waals surface area contributed by atoms with Crippen molar-refractivity contribution in [2.24, 2.45) is 0 Å². The summed E-state index contributed by atoms with van der Waals surface area (Å²) in [5.41, 5.74) is 2.02. The number of aliphatic hydroxyl groups is 1. The zero-order chi connectivity index (χ0) is 19.6. The van der Waals surface area contributed by atoms with E-state index in [0.717, 1.165) is 16.9 Å².